The number of hydrogen-bond donors (Lipinski definition) is 3. The van der Waals surface area contributed by atoms with E-state index in [2.05, 4.69) is 10.6 Å². The first-order chi connectivity index (χ1) is 10.2. The fraction of sp³-hybridized carbons (Fsp3) is 0.400. The molecule has 0 radical (unpaired) electrons. The normalized spacial score (nSPS) is 21.8. The van der Waals surface area contributed by atoms with Gasteiger partial charge in [0, 0.05) is 12.7 Å². The number of nitrogens with one attached hydrogen (secondary N) is 2. The fourth-order valence-corrected chi connectivity index (χ4v) is 2.99. The quantitative estimate of drug-likeness (QED) is 0.789. The van der Waals surface area contributed by atoms with Crippen molar-refractivity contribution in [3.63, 3.8) is 0 Å². The van der Waals surface area contributed by atoms with Crippen molar-refractivity contribution in [1.29, 1.82) is 0 Å². The van der Waals surface area contributed by atoms with Crippen LogP contribution in [0.4, 0.5) is 5.69 Å². The van der Waals surface area contributed by atoms with Gasteiger partial charge in [-0.05, 0) is 23.6 Å². The predicted molar refractivity (Wildman–Crippen MR) is 81.9 cm³/mol. The smallest absolute Gasteiger partial charge is 0.307 e. The van der Waals surface area contributed by atoms with Crippen LogP contribution in [0.3, 0.4) is 0 Å². The molecule has 2 unspecified atom stereocenters. The molecule has 7 heteroatoms. The van der Waals surface area contributed by atoms with Gasteiger partial charge in [0.1, 0.15) is 0 Å². The van der Waals surface area contributed by atoms with Gasteiger partial charge in [0.25, 0.3) is 5.91 Å². The monoisotopic (exact) mass is 324 g/mol. The summed E-state index contributed by atoms with van der Waals surface area (Å²) in [7, 11) is 1.50. The molecule has 1 fully saturated rings. The lowest BCUT2D eigenvalue weighted by Gasteiger charge is -2.08. The molecule has 1 aromatic carbocycles. The predicted octanol–water partition coefficient (Wildman–Crippen LogP) is 1.99. The Balaban J connectivity index is 2.12. The lowest BCUT2D eigenvalue weighted by molar-refractivity contribution is -0.140. The highest BCUT2D eigenvalue weighted by molar-refractivity contribution is 6.34. The third-order valence-electron chi connectivity index (χ3n) is 4.08. The minimum atomic E-state index is -0.974. The van der Waals surface area contributed by atoms with Crippen LogP contribution in [0.2, 0.25) is 5.02 Å². The number of carboxylic acid groups (broad SMARTS) is 1. The van der Waals surface area contributed by atoms with E-state index in [9.17, 15) is 14.4 Å². The number of carbonyl (C=O) groups excluding carboxylic acids is 2. The Morgan fingerprint density at radius 3 is 2.32 bits per heavy atom. The highest BCUT2D eigenvalue weighted by atomic mass is 35.5. The third-order valence-corrected chi connectivity index (χ3v) is 4.40. The molecule has 0 saturated heterocycles. The first-order valence-corrected chi connectivity index (χ1v) is 7.13. The second kappa shape index (κ2) is 5.61. The van der Waals surface area contributed by atoms with Gasteiger partial charge in [-0.25, -0.2) is 0 Å². The molecule has 0 bridgehead atoms. The molecule has 1 aromatic rings. The number of anilines is 1. The number of amides is 2. The Morgan fingerprint density at radius 2 is 1.86 bits per heavy atom. The maximum Gasteiger partial charge on any atom is 0.307 e. The van der Waals surface area contributed by atoms with Gasteiger partial charge in [0.2, 0.25) is 5.91 Å². The maximum absolute atomic E-state index is 12.2. The summed E-state index contributed by atoms with van der Waals surface area (Å²) in [5, 5.41) is 14.4. The standard InChI is InChI=1S/C15H17ClN2O4/c1-15(2)10(11(15)14(21)22)13(20)18-7-4-5-8(9(16)6-7)12(19)17-3/h4-6,10-11H,1-3H3,(H,17,19)(H,18,20)(H,21,22). The summed E-state index contributed by atoms with van der Waals surface area (Å²) in [4.78, 5) is 34.8. The Kier molecular flexibility index (Phi) is 4.15. The van der Waals surface area contributed by atoms with Crippen molar-refractivity contribution in [2.24, 2.45) is 17.3 Å². The average molecular weight is 325 g/mol. The minimum absolute atomic E-state index is 0.210. The molecule has 1 saturated carbocycles. The molecular weight excluding hydrogens is 308 g/mol. The zero-order valence-corrected chi connectivity index (χ0v) is 13.2. The lowest BCUT2D eigenvalue weighted by atomic mass is 10.1. The van der Waals surface area contributed by atoms with Crippen LogP contribution >= 0.6 is 11.6 Å². The Bertz CT molecular complexity index is 657. The fourth-order valence-electron chi connectivity index (χ4n) is 2.72. The van der Waals surface area contributed by atoms with Gasteiger partial charge in [0.05, 0.1) is 22.4 Å². The van der Waals surface area contributed by atoms with Crippen LogP contribution in [0, 0.1) is 17.3 Å². The highest BCUT2D eigenvalue weighted by Crippen LogP contribution is 2.58. The van der Waals surface area contributed by atoms with Gasteiger partial charge in [-0.3, -0.25) is 14.4 Å². The van der Waals surface area contributed by atoms with Crippen molar-refractivity contribution in [2.45, 2.75) is 13.8 Å². The van der Waals surface area contributed by atoms with E-state index in [0.29, 0.717) is 11.3 Å². The molecule has 1 aliphatic rings. The van der Waals surface area contributed by atoms with Gasteiger partial charge in [-0.15, -0.1) is 0 Å². The van der Waals surface area contributed by atoms with Gasteiger partial charge in [-0.1, -0.05) is 25.4 Å². The number of benzene rings is 1. The van der Waals surface area contributed by atoms with Crippen molar-refractivity contribution < 1.29 is 19.5 Å². The Labute approximate surface area is 132 Å². The van der Waals surface area contributed by atoms with E-state index < -0.39 is 23.2 Å². The SMILES string of the molecule is CNC(=O)c1ccc(NC(=O)C2C(C(=O)O)C2(C)C)cc1Cl. The van der Waals surface area contributed by atoms with E-state index >= 15 is 0 Å². The van der Waals surface area contributed by atoms with Crippen LogP contribution in [0.5, 0.6) is 0 Å². The number of hydrogen-bond acceptors (Lipinski definition) is 3. The molecule has 0 aromatic heterocycles. The van der Waals surface area contributed by atoms with Crippen LogP contribution in [0.1, 0.15) is 24.2 Å². The summed E-state index contributed by atoms with van der Waals surface area (Å²) < 4.78 is 0. The van der Waals surface area contributed by atoms with Gasteiger partial charge >= 0.3 is 5.97 Å². The second-order valence-electron chi connectivity index (χ2n) is 5.88. The summed E-state index contributed by atoms with van der Waals surface area (Å²) in [5.74, 6) is -2.92. The summed E-state index contributed by atoms with van der Waals surface area (Å²) in [6.45, 7) is 3.50. The molecule has 22 heavy (non-hydrogen) atoms. The van der Waals surface area contributed by atoms with Crippen LogP contribution in [0.15, 0.2) is 18.2 Å². The lowest BCUT2D eigenvalue weighted by Crippen LogP contribution is -2.19. The zero-order valence-electron chi connectivity index (χ0n) is 12.4. The number of rotatable bonds is 4. The molecule has 0 aliphatic heterocycles. The van der Waals surface area contributed by atoms with E-state index in [1.165, 1.54) is 19.2 Å². The van der Waals surface area contributed by atoms with Crippen LogP contribution in [-0.2, 0) is 9.59 Å². The van der Waals surface area contributed by atoms with Crippen LogP contribution < -0.4 is 10.6 Å². The van der Waals surface area contributed by atoms with E-state index in [-0.39, 0.29) is 16.8 Å². The number of carbonyl (C=O) groups is 3. The summed E-state index contributed by atoms with van der Waals surface area (Å²) >= 11 is 6.01. The first kappa shape index (κ1) is 16.3. The van der Waals surface area contributed by atoms with E-state index in [4.69, 9.17) is 16.7 Å². The van der Waals surface area contributed by atoms with Crippen molar-refractivity contribution in [3.05, 3.63) is 28.8 Å². The van der Waals surface area contributed by atoms with E-state index in [0.717, 1.165) is 0 Å². The zero-order chi connectivity index (χ0) is 16.7. The number of carboxylic acids is 1. The molecule has 0 spiro atoms. The largest absolute Gasteiger partial charge is 0.481 e. The van der Waals surface area contributed by atoms with Gasteiger partial charge < -0.3 is 15.7 Å². The molecular formula is C15H17ClN2O4. The van der Waals surface area contributed by atoms with Crippen molar-refractivity contribution in [3.8, 4) is 0 Å². The number of aliphatic carboxylic acids is 1. The van der Waals surface area contributed by atoms with E-state index in [1.54, 1.807) is 19.9 Å². The molecule has 2 amide bonds. The minimum Gasteiger partial charge on any atom is -0.481 e. The average Bonchev–Trinajstić information content (AvgIpc) is 3.01. The van der Waals surface area contributed by atoms with Crippen molar-refractivity contribution >= 4 is 35.1 Å². The van der Waals surface area contributed by atoms with Crippen molar-refractivity contribution in [1.82, 2.24) is 5.32 Å². The Hall–Kier alpha value is -2.08. The second-order valence-corrected chi connectivity index (χ2v) is 6.29. The van der Waals surface area contributed by atoms with Crippen molar-refractivity contribution in [2.75, 3.05) is 12.4 Å². The summed E-state index contributed by atoms with van der Waals surface area (Å²) in [6.07, 6.45) is 0. The Morgan fingerprint density at radius 1 is 1.23 bits per heavy atom. The third kappa shape index (κ3) is 2.78. The highest BCUT2D eigenvalue weighted by Gasteiger charge is 2.65. The molecule has 2 atom stereocenters. The van der Waals surface area contributed by atoms with Crippen LogP contribution in [-0.4, -0.2) is 29.9 Å². The summed E-state index contributed by atoms with van der Waals surface area (Å²) in [5.41, 5.74) is 0.161. The van der Waals surface area contributed by atoms with Gasteiger partial charge in [-0.2, -0.15) is 0 Å². The maximum atomic E-state index is 12.2. The molecule has 0 heterocycles. The molecule has 2 rings (SSSR count). The molecule has 3 N–H and O–H groups in total. The number of halogens is 1. The van der Waals surface area contributed by atoms with Crippen LogP contribution in [0.25, 0.3) is 0 Å². The molecule has 6 nitrogen and oxygen atoms in total. The molecule has 1 aliphatic carbocycles. The first-order valence-electron chi connectivity index (χ1n) is 6.75. The molecule has 118 valence electrons. The topological polar surface area (TPSA) is 95.5 Å². The van der Waals surface area contributed by atoms with E-state index in [1.807, 2.05) is 0 Å². The van der Waals surface area contributed by atoms with Gasteiger partial charge in [0.15, 0.2) is 0 Å². The summed E-state index contributed by atoms with van der Waals surface area (Å²) in [6, 6.07) is 4.53.